The van der Waals surface area contributed by atoms with Crippen LogP contribution in [0.1, 0.15) is 106 Å². The minimum atomic E-state index is -0.248. The highest BCUT2D eigenvalue weighted by Gasteiger charge is 2.23. The third-order valence-corrected chi connectivity index (χ3v) is 7.05. The maximum Gasteiger partial charge on any atom is 0.151 e. The predicted octanol–water partition coefficient (Wildman–Crippen LogP) is 8.05. The van der Waals surface area contributed by atoms with Gasteiger partial charge in [0.2, 0.25) is 0 Å². The van der Waals surface area contributed by atoms with Crippen LogP contribution in [0.4, 0.5) is 4.39 Å². The Bertz CT molecular complexity index is 1130. The van der Waals surface area contributed by atoms with Crippen molar-refractivity contribution in [3.8, 4) is 0 Å². The molecule has 0 amide bonds. The molecule has 1 saturated carbocycles. The summed E-state index contributed by atoms with van der Waals surface area (Å²) in [5, 5.41) is 0. The van der Waals surface area contributed by atoms with Crippen molar-refractivity contribution in [3.05, 3.63) is 64.5 Å². The van der Waals surface area contributed by atoms with Crippen molar-refractivity contribution in [2.75, 3.05) is 0 Å². The molecule has 3 aromatic rings. The average molecular weight is 434 g/mol. The second-order valence-electron chi connectivity index (χ2n) is 9.29. The molecule has 2 aromatic heterocycles. The summed E-state index contributed by atoms with van der Waals surface area (Å²) >= 11 is 0. The second-order valence-corrected chi connectivity index (χ2v) is 9.29. The lowest BCUT2D eigenvalue weighted by Crippen LogP contribution is -2.12. The van der Waals surface area contributed by atoms with E-state index in [-0.39, 0.29) is 5.82 Å². The molecule has 0 aliphatic heterocycles. The molecule has 0 saturated heterocycles. The number of imidazole rings is 1. The minimum absolute atomic E-state index is 0.248. The van der Waals surface area contributed by atoms with Crippen LogP contribution in [-0.2, 0) is 0 Å². The molecule has 1 aliphatic rings. The molecule has 1 aliphatic carbocycles. The van der Waals surface area contributed by atoms with E-state index in [1.807, 2.05) is 13.8 Å². The van der Waals surface area contributed by atoms with Gasteiger partial charge in [0, 0.05) is 28.9 Å². The molecule has 0 N–H and O–H groups in total. The summed E-state index contributed by atoms with van der Waals surface area (Å²) in [5.74, 6) is 1.26. The Labute approximate surface area is 191 Å². The van der Waals surface area contributed by atoms with Gasteiger partial charge in [-0.2, -0.15) is 0 Å². The molecule has 0 unspecified atom stereocenters. The lowest BCUT2D eigenvalue weighted by molar-refractivity contribution is 0.410. The molecule has 0 bridgehead atoms. The normalized spacial score (nSPS) is 15.0. The first kappa shape index (κ1) is 22.7. The van der Waals surface area contributed by atoms with Crippen LogP contribution in [0, 0.1) is 19.7 Å². The van der Waals surface area contributed by atoms with E-state index in [0.29, 0.717) is 17.5 Å². The van der Waals surface area contributed by atoms with E-state index >= 15 is 4.39 Å². The quantitative estimate of drug-likeness (QED) is 0.360. The van der Waals surface area contributed by atoms with E-state index in [1.54, 1.807) is 6.07 Å². The van der Waals surface area contributed by atoms with Crippen molar-refractivity contribution >= 4 is 16.6 Å². The van der Waals surface area contributed by atoms with E-state index in [9.17, 15) is 0 Å². The molecule has 2 heterocycles. The highest BCUT2D eigenvalue weighted by atomic mass is 19.1. The van der Waals surface area contributed by atoms with Crippen LogP contribution in [-0.4, -0.2) is 14.5 Å². The fraction of sp³-hybridized carbons (Fsp3) is 0.500. The fourth-order valence-corrected chi connectivity index (χ4v) is 5.23. The molecule has 1 aromatic carbocycles. The third-order valence-electron chi connectivity index (χ3n) is 7.05. The number of rotatable bonds is 8. The second kappa shape index (κ2) is 9.56. The number of fused-ring (bicyclic) bond motifs is 1. The van der Waals surface area contributed by atoms with Crippen molar-refractivity contribution < 1.29 is 4.39 Å². The van der Waals surface area contributed by atoms with Crippen molar-refractivity contribution in [3.63, 3.8) is 0 Å². The van der Waals surface area contributed by atoms with Crippen LogP contribution in [0.25, 0.3) is 16.6 Å². The standard InChI is InChI=1S/C28H36FN3/c1-6-10-22(11-7-2)32-19(5)31-28-25(29)16-21(17-27(28)32)23(8-3)24-14-15-26(30-18(24)4)20-12-9-13-20/h8,14-17,20,22H,6-7,9-13H2,1-5H3/b23-8-. The van der Waals surface area contributed by atoms with Gasteiger partial charge in [0.25, 0.3) is 0 Å². The minimum Gasteiger partial charge on any atom is -0.325 e. The van der Waals surface area contributed by atoms with Crippen molar-refractivity contribution in [1.82, 2.24) is 14.5 Å². The molecule has 3 nitrogen and oxygen atoms in total. The summed E-state index contributed by atoms with van der Waals surface area (Å²) in [5.41, 5.74) is 6.61. The van der Waals surface area contributed by atoms with Gasteiger partial charge in [0.15, 0.2) is 5.82 Å². The van der Waals surface area contributed by atoms with Gasteiger partial charge < -0.3 is 4.57 Å². The number of benzene rings is 1. The Morgan fingerprint density at radius 1 is 1.12 bits per heavy atom. The highest BCUT2D eigenvalue weighted by molar-refractivity contribution is 5.87. The number of hydrogen-bond donors (Lipinski definition) is 0. The zero-order chi connectivity index (χ0) is 22.8. The first-order valence-electron chi connectivity index (χ1n) is 12.3. The zero-order valence-electron chi connectivity index (χ0n) is 20.2. The molecule has 32 heavy (non-hydrogen) atoms. The number of halogens is 1. The van der Waals surface area contributed by atoms with Gasteiger partial charge in [-0.3, -0.25) is 4.98 Å². The predicted molar refractivity (Wildman–Crippen MR) is 132 cm³/mol. The smallest absolute Gasteiger partial charge is 0.151 e. The van der Waals surface area contributed by atoms with Crippen LogP contribution < -0.4 is 0 Å². The number of hydrogen-bond acceptors (Lipinski definition) is 2. The first-order chi connectivity index (χ1) is 15.5. The molecule has 4 heteroatoms. The van der Waals surface area contributed by atoms with Gasteiger partial charge in [-0.05, 0) is 75.8 Å². The van der Waals surface area contributed by atoms with E-state index in [1.165, 1.54) is 25.0 Å². The summed E-state index contributed by atoms with van der Waals surface area (Å²) in [7, 11) is 0. The molecule has 170 valence electrons. The first-order valence-corrected chi connectivity index (χ1v) is 12.3. The summed E-state index contributed by atoms with van der Waals surface area (Å²) in [6.45, 7) is 10.5. The number of aromatic nitrogens is 3. The van der Waals surface area contributed by atoms with Crippen LogP contribution in [0.5, 0.6) is 0 Å². The van der Waals surface area contributed by atoms with Crippen molar-refractivity contribution in [2.24, 2.45) is 0 Å². The van der Waals surface area contributed by atoms with Gasteiger partial charge in [0.1, 0.15) is 11.3 Å². The maximum atomic E-state index is 15.3. The van der Waals surface area contributed by atoms with Crippen LogP contribution in [0.15, 0.2) is 30.3 Å². The molecule has 0 radical (unpaired) electrons. The third kappa shape index (κ3) is 4.12. The topological polar surface area (TPSA) is 30.7 Å². The lowest BCUT2D eigenvalue weighted by atomic mass is 9.82. The number of pyridine rings is 1. The Kier molecular flexibility index (Phi) is 6.78. The summed E-state index contributed by atoms with van der Waals surface area (Å²) < 4.78 is 17.6. The Hall–Kier alpha value is -2.49. The van der Waals surface area contributed by atoms with Gasteiger partial charge in [-0.25, -0.2) is 9.37 Å². The molecular weight excluding hydrogens is 397 g/mol. The molecule has 0 spiro atoms. The fourth-order valence-electron chi connectivity index (χ4n) is 5.23. The Morgan fingerprint density at radius 3 is 2.41 bits per heavy atom. The monoisotopic (exact) mass is 433 g/mol. The van der Waals surface area contributed by atoms with E-state index in [4.69, 9.17) is 4.98 Å². The molecule has 1 fully saturated rings. The Balaban J connectivity index is 1.80. The number of nitrogens with zero attached hydrogens (tertiary/aromatic N) is 3. The van der Waals surface area contributed by atoms with Gasteiger partial charge >= 0.3 is 0 Å². The highest BCUT2D eigenvalue weighted by Crippen LogP contribution is 2.37. The molecular formula is C28H36FN3. The largest absolute Gasteiger partial charge is 0.325 e. The SMILES string of the molecule is C/C=C(/c1cc(F)c2nc(C)n(C(CCC)CCC)c2c1)c1ccc(C2CCC2)nc1C. The van der Waals surface area contributed by atoms with Gasteiger partial charge in [-0.1, -0.05) is 45.3 Å². The van der Waals surface area contributed by atoms with Gasteiger partial charge in [-0.15, -0.1) is 0 Å². The Morgan fingerprint density at radius 2 is 1.84 bits per heavy atom. The number of allylic oxidation sites excluding steroid dienone is 1. The lowest BCUT2D eigenvalue weighted by Gasteiger charge is -2.25. The maximum absolute atomic E-state index is 15.3. The van der Waals surface area contributed by atoms with Crippen molar-refractivity contribution in [2.45, 2.75) is 91.5 Å². The molecule has 0 atom stereocenters. The zero-order valence-corrected chi connectivity index (χ0v) is 20.2. The van der Waals surface area contributed by atoms with E-state index in [2.05, 4.69) is 54.6 Å². The van der Waals surface area contributed by atoms with E-state index in [0.717, 1.165) is 59.4 Å². The van der Waals surface area contributed by atoms with Crippen LogP contribution in [0.2, 0.25) is 0 Å². The van der Waals surface area contributed by atoms with Gasteiger partial charge in [0.05, 0.1) is 5.52 Å². The average Bonchev–Trinajstić information content (AvgIpc) is 3.05. The molecule has 4 rings (SSSR count). The summed E-state index contributed by atoms with van der Waals surface area (Å²) in [4.78, 5) is 9.54. The van der Waals surface area contributed by atoms with Crippen LogP contribution >= 0.6 is 0 Å². The van der Waals surface area contributed by atoms with E-state index < -0.39 is 0 Å². The summed E-state index contributed by atoms with van der Waals surface area (Å²) in [6.07, 6.45) is 10.2. The number of aryl methyl sites for hydroxylation is 2. The summed E-state index contributed by atoms with van der Waals surface area (Å²) in [6, 6.07) is 8.46. The van der Waals surface area contributed by atoms with Crippen LogP contribution in [0.3, 0.4) is 0 Å². The van der Waals surface area contributed by atoms with Crippen molar-refractivity contribution in [1.29, 1.82) is 0 Å².